The van der Waals surface area contributed by atoms with Gasteiger partial charge in [0.25, 0.3) is 21.6 Å². The molecule has 5 heterocycles. The Morgan fingerprint density at radius 2 is 1.82 bits per heavy atom. The van der Waals surface area contributed by atoms with Crippen LogP contribution in [-0.4, -0.2) is 131 Å². The van der Waals surface area contributed by atoms with Crippen molar-refractivity contribution in [3.8, 4) is 5.88 Å². The number of H-pyrrole nitrogens is 1. The highest BCUT2D eigenvalue weighted by Gasteiger charge is 2.45. The average molecular weight is 1040 g/mol. The van der Waals surface area contributed by atoms with Gasteiger partial charge in [-0.15, -0.1) is 0 Å². The van der Waals surface area contributed by atoms with E-state index in [0.717, 1.165) is 42.0 Å². The molecule has 1 amide bonds. The number of benzene rings is 3. The van der Waals surface area contributed by atoms with Crippen molar-refractivity contribution in [1.29, 1.82) is 0 Å². The lowest BCUT2D eigenvalue weighted by Crippen LogP contribution is -2.56. The topological polar surface area (TPSA) is 194 Å². The molecule has 3 N–H and O–H groups in total. The van der Waals surface area contributed by atoms with Crippen LogP contribution in [0.25, 0.3) is 16.6 Å². The summed E-state index contributed by atoms with van der Waals surface area (Å²) in [5, 5.41) is 16.9. The number of aromatic amines is 1. The molecular weight excluding hydrogens is 979 g/mol. The highest BCUT2D eigenvalue weighted by molar-refractivity contribution is 7.90. The average Bonchev–Trinajstić information content (AvgIpc) is 3.71. The number of alkyl halides is 1. The smallest absolute Gasteiger partial charge is 0.293 e. The van der Waals surface area contributed by atoms with Gasteiger partial charge in [-0.2, -0.15) is 4.98 Å². The van der Waals surface area contributed by atoms with Crippen LogP contribution >= 0.6 is 11.6 Å². The molecule has 388 valence electrons. The maximum Gasteiger partial charge on any atom is 0.293 e. The molecule has 3 aliphatic heterocycles. The van der Waals surface area contributed by atoms with Crippen LogP contribution in [0.15, 0.2) is 89.5 Å². The minimum atomic E-state index is -4.66. The molecule has 73 heavy (non-hydrogen) atoms. The third kappa shape index (κ3) is 10.8. The number of piperazine rings is 1. The number of nitrogens with one attached hydrogen (secondary N) is 3. The summed E-state index contributed by atoms with van der Waals surface area (Å²) < 4.78 is 68.5. The lowest BCUT2D eigenvalue weighted by Gasteiger charge is -2.45. The number of amides is 1. The van der Waals surface area contributed by atoms with Crippen molar-refractivity contribution in [2.45, 2.75) is 75.0 Å². The first-order valence-electron chi connectivity index (χ1n) is 25.0. The van der Waals surface area contributed by atoms with Crippen LogP contribution in [0.3, 0.4) is 0 Å². The van der Waals surface area contributed by atoms with E-state index >= 15 is 0 Å². The zero-order valence-corrected chi connectivity index (χ0v) is 42.9. The molecule has 2 saturated heterocycles. The molecule has 0 bridgehead atoms. The minimum Gasteiger partial charge on any atom is -0.476 e. The van der Waals surface area contributed by atoms with Crippen molar-refractivity contribution in [2.75, 3.05) is 94.6 Å². The Hall–Kier alpha value is -5.83. The number of anilines is 4. The van der Waals surface area contributed by atoms with Crippen molar-refractivity contribution in [1.82, 2.24) is 19.6 Å². The molecule has 2 atom stereocenters. The fraction of sp³-hybridized carbons (Fsp3) is 0.472. The SMILES string of the molecule is COC1(CF)CC(CNc2ccc(S(=O)(=O)NC(=O)c3ccc(N4CCN5CC6=C(c7ccc(Cl)cc7)CC(C)(C)C[C@H]6OCCCOC[C@@H]5C4)cc3N3CCCOc4nc5[nH]ccc5cc43)cc2[N+](=O)[O-])C1. The van der Waals surface area contributed by atoms with E-state index in [0.29, 0.717) is 113 Å². The monoisotopic (exact) mass is 1040 g/mol. The van der Waals surface area contributed by atoms with E-state index in [-0.39, 0.29) is 34.7 Å². The number of nitro groups is 1. The first-order chi connectivity index (χ1) is 35.1. The minimum absolute atomic E-state index is 0.00305. The number of sulfonamides is 1. The molecule has 10 rings (SSSR count). The van der Waals surface area contributed by atoms with Crippen molar-refractivity contribution < 1.29 is 41.5 Å². The van der Waals surface area contributed by atoms with Crippen LogP contribution in [0, 0.1) is 21.4 Å². The number of rotatable bonds is 12. The summed E-state index contributed by atoms with van der Waals surface area (Å²) in [6, 6.07) is 20.8. The standard InChI is InChI=1S/C53H62ClFN8O9S/c1-52(2)27-42(35-6-8-37(54)9-7-35)43-31-61-18-17-60(30-39(61)32-70-19-5-21-71-48(43)28-52)38-10-12-41(45(23-38)62-16-4-20-72-51-47(62)22-36-14-15-56-49(36)58-51)50(64)59-73(67,68)40-11-13-44(46(24-40)63(65)66)57-29-34-25-53(26-34,33-55)69-3/h6-15,22-24,34,39,48,57H,4-5,16-21,25-33H2,1-3H3,(H,56,58)(H,59,64)/t34?,39-,48+,53?/m0/s1. The number of allylic oxidation sites excluding steroid dienone is 1. The van der Waals surface area contributed by atoms with Gasteiger partial charge < -0.3 is 39.0 Å². The number of halogens is 2. The van der Waals surface area contributed by atoms with E-state index in [1.165, 1.54) is 30.4 Å². The quantitative estimate of drug-likeness (QED) is 0.0792. The van der Waals surface area contributed by atoms with Crippen LogP contribution in [0.4, 0.5) is 32.8 Å². The Kier molecular flexibility index (Phi) is 14.5. The molecule has 3 aromatic carbocycles. The number of pyridine rings is 1. The van der Waals surface area contributed by atoms with Crippen LogP contribution in [-0.2, 0) is 24.2 Å². The zero-order chi connectivity index (χ0) is 51.1. The predicted octanol–water partition coefficient (Wildman–Crippen LogP) is 8.91. The predicted molar refractivity (Wildman–Crippen MR) is 278 cm³/mol. The van der Waals surface area contributed by atoms with Crippen LogP contribution < -0.4 is 24.6 Å². The Morgan fingerprint density at radius 3 is 2.60 bits per heavy atom. The molecule has 2 aliphatic carbocycles. The molecule has 0 spiro atoms. The number of hydrogen-bond donors (Lipinski definition) is 3. The van der Waals surface area contributed by atoms with Gasteiger partial charge in [0.1, 0.15) is 23.7 Å². The first-order valence-corrected chi connectivity index (χ1v) is 26.9. The van der Waals surface area contributed by atoms with Gasteiger partial charge in [-0.05, 0) is 121 Å². The summed E-state index contributed by atoms with van der Waals surface area (Å²) in [5.41, 5.74) is 5.11. The number of fused-ring (bicyclic) bond motifs is 4. The van der Waals surface area contributed by atoms with Crippen molar-refractivity contribution in [2.24, 2.45) is 11.3 Å². The van der Waals surface area contributed by atoms with E-state index in [1.807, 2.05) is 41.3 Å². The van der Waals surface area contributed by atoms with Gasteiger partial charge in [-0.1, -0.05) is 37.6 Å². The Bertz CT molecular complexity index is 3010. The second-order valence-corrected chi connectivity index (χ2v) is 22.9. The molecule has 0 radical (unpaired) electrons. The molecule has 2 aromatic heterocycles. The molecule has 5 aliphatic rings. The molecule has 1 saturated carbocycles. The molecule has 0 unspecified atom stereocenters. The van der Waals surface area contributed by atoms with Crippen LogP contribution in [0.1, 0.15) is 68.3 Å². The maximum atomic E-state index is 14.6. The number of nitrogens with zero attached hydrogens (tertiary/aromatic N) is 5. The van der Waals surface area contributed by atoms with E-state index in [1.54, 1.807) is 12.3 Å². The molecule has 17 nitrogen and oxygen atoms in total. The lowest BCUT2D eigenvalue weighted by molar-refractivity contribution is -0.384. The highest BCUT2D eigenvalue weighted by Crippen LogP contribution is 2.46. The van der Waals surface area contributed by atoms with Gasteiger partial charge in [0.05, 0.1) is 52.0 Å². The highest BCUT2D eigenvalue weighted by atomic mass is 35.5. The second-order valence-electron chi connectivity index (χ2n) is 20.7. The van der Waals surface area contributed by atoms with E-state index in [2.05, 4.69) is 50.8 Å². The van der Waals surface area contributed by atoms with Gasteiger partial charge in [-0.25, -0.2) is 17.5 Å². The Balaban J connectivity index is 0.955. The molecule has 5 aromatic rings. The van der Waals surface area contributed by atoms with Gasteiger partial charge in [0.2, 0.25) is 5.88 Å². The molecule has 20 heteroatoms. The molecular formula is C53H62ClFN8O9S. The summed E-state index contributed by atoms with van der Waals surface area (Å²) in [6.07, 6.45) is 5.78. The van der Waals surface area contributed by atoms with Crippen molar-refractivity contribution >= 4 is 72.6 Å². The second kappa shape index (κ2) is 20.8. The maximum absolute atomic E-state index is 14.6. The number of carbonyl (C=O) groups excluding carboxylic acids is 1. The fourth-order valence-electron chi connectivity index (χ4n) is 11.2. The largest absolute Gasteiger partial charge is 0.476 e. The summed E-state index contributed by atoms with van der Waals surface area (Å²) in [7, 11) is -3.20. The third-order valence-electron chi connectivity index (χ3n) is 15.1. The van der Waals surface area contributed by atoms with Crippen LogP contribution in [0.2, 0.25) is 5.02 Å². The fourth-order valence-corrected chi connectivity index (χ4v) is 12.3. The zero-order valence-electron chi connectivity index (χ0n) is 41.3. The summed E-state index contributed by atoms with van der Waals surface area (Å²) in [4.78, 5) is 40.4. The lowest BCUT2D eigenvalue weighted by atomic mass is 9.71. The van der Waals surface area contributed by atoms with Gasteiger partial charge in [-0.3, -0.25) is 19.8 Å². The van der Waals surface area contributed by atoms with Crippen LogP contribution in [0.5, 0.6) is 5.88 Å². The normalized spacial score (nSPS) is 23.7. The molecule has 3 fully saturated rings. The van der Waals surface area contributed by atoms with Gasteiger partial charge in [0.15, 0.2) is 0 Å². The van der Waals surface area contributed by atoms with E-state index in [4.69, 9.17) is 35.5 Å². The van der Waals surface area contributed by atoms with E-state index < -0.39 is 43.7 Å². The summed E-state index contributed by atoms with van der Waals surface area (Å²) in [5.74, 6) is -0.558. The first kappa shape index (κ1) is 50.7. The van der Waals surface area contributed by atoms with Crippen molar-refractivity contribution in [3.63, 3.8) is 0 Å². The number of hydrogen-bond acceptors (Lipinski definition) is 14. The summed E-state index contributed by atoms with van der Waals surface area (Å²) in [6.45, 7) is 9.40. The number of aromatic nitrogens is 2. The van der Waals surface area contributed by atoms with E-state index in [9.17, 15) is 27.7 Å². The van der Waals surface area contributed by atoms with Crippen molar-refractivity contribution in [3.05, 3.63) is 111 Å². The summed E-state index contributed by atoms with van der Waals surface area (Å²) >= 11 is 6.37. The van der Waals surface area contributed by atoms with Gasteiger partial charge >= 0.3 is 0 Å². The number of methoxy groups -OCH3 is 1. The number of nitro benzene ring substituents is 1. The third-order valence-corrected chi connectivity index (χ3v) is 16.7. The van der Waals surface area contributed by atoms with Gasteiger partial charge in [0, 0.05) is 88.0 Å². The Labute approximate surface area is 429 Å². The number of ether oxygens (including phenoxy) is 4. The Morgan fingerprint density at radius 1 is 1.00 bits per heavy atom. The number of carbonyl (C=O) groups is 1.